The van der Waals surface area contributed by atoms with Gasteiger partial charge in [-0.3, -0.25) is 0 Å². The van der Waals surface area contributed by atoms with Crippen LogP contribution in [0.4, 0.5) is 10.5 Å². The van der Waals surface area contributed by atoms with E-state index in [1.165, 1.54) is 5.56 Å². The van der Waals surface area contributed by atoms with Crippen molar-refractivity contribution >= 4 is 11.7 Å². The van der Waals surface area contributed by atoms with E-state index in [-0.39, 0.29) is 6.04 Å². The molecule has 1 aromatic heterocycles. The number of imidazole rings is 1. The minimum Gasteiger partial charge on any atom is -0.351 e. The van der Waals surface area contributed by atoms with E-state index in [4.69, 9.17) is 5.73 Å². The maximum Gasteiger partial charge on any atom is 0.316 e. The summed E-state index contributed by atoms with van der Waals surface area (Å²) in [6, 6.07) is 7.36. The van der Waals surface area contributed by atoms with Gasteiger partial charge >= 0.3 is 6.03 Å². The average molecular weight is 287 g/mol. The lowest BCUT2D eigenvalue weighted by molar-refractivity contribution is 0.259. The van der Waals surface area contributed by atoms with Gasteiger partial charge in [0.25, 0.3) is 0 Å². The third kappa shape index (κ3) is 4.92. The Hall–Kier alpha value is -2.34. The van der Waals surface area contributed by atoms with Crippen LogP contribution in [0.25, 0.3) is 0 Å². The lowest BCUT2D eigenvalue weighted by Crippen LogP contribution is -2.21. The Balaban J connectivity index is 1.74. The van der Waals surface area contributed by atoms with Gasteiger partial charge in [0.05, 0.1) is 0 Å². The van der Waals surface area contributed by atoms with Crippen LogP contribution in [0.1, 0.15) is 30.8 Å². The van der Waals surface area contributed by atoms with Crippen molar-refractivity contribution in [2.45, 2.75) is 25.8 Å². The molecule has 2 rings (SSSR count). The quantitative estimate of drug-likeness (QED) is 0.588. The third-order valence-corrected chi connectivity index (χ3v) is 3.27. The Morgan fingerprint density at radius 1 is 1.38 bits per heavy atom. The van der Waals surface area contributed by atoms with Crippen molar-refractivity contribution in [2.75, 3.05) is 11.9 Å². The zero-order chi connectivity index (χ0) is 15.1. The molecule has 0 aliphatic rings. The van der Waals surface area contributed by atoms with Crippen LogP contribution >= 0.6 is 0 Å². The lowest BCUT2D eigenvalue weighted by Gasteiger charge is -2.14. The molecule has 2 aromatic rings. The Labute approximate surface area is 124 Å². The minimum atomic E-state index is -0.549. The summed E-state index contributed by atoms with van der Waals surface area (Å²) in [5.41, 5.74) is 6.95. The van der Waals surface area contributed by atoms with E-state index in [9.17, 15) is 4.79 Å². The van der Waals surface area contributed by atoms with Crippen LogP contribution in [0.15, 0.2) is 36.7 Å². The van der Waals surface area contributed by atoms with Gasteiger partial charge in [-0.15, -0.1) is 0 Å². The SMILES string of the molecule is CC(NCCCc1ncc[nH]1)c1ccc(NC(N)=O)cc1. The number of nitrogens with one attached hydrogen (secondary N) is 3. The minimum absolute atomic E-state index is 0.254. The highest BCUT2D eigenvalue weighted by atomic mass is 16.2. The molecule has 21 heavy (non-hydrogen) atoms. The summed E-state index contributed by atoms with van der Waals surface area (Å²) in [5, 5.41) is 6.01. The molecule has 0 fully saturated rings. The molecule has 1 unspecified atom stereocenters. The molecule has 6 heteroatoms. The topological polar surface area (TPSA) is 95.8 Å². The van der Waals surface area contributed by atoms with E-state index in [0.717, 1.165) is 25.2 Å². The van der Waals surface area contributed by atoms with E-state index in [1.807, 2.05) is 30.5 Å². The largest absolute Gasteiger partial charge is 0.351 e. The van der Waals surface area contributed by atoms with Crippen molar-refractivity contribution in [1.82, 2.24) is 15.3 Å². The fourth-order valence-electron chi connectivity index (χ4n) is 2.12. The lowest BCUT2D eigenvalue weighted by atomic mass is 10.1. The molecule has 0 saturated heterocycles. The smallest absolute Gasteiger partial charge is 0.316 e. The summed E-state index contributed by atoms with van der Waals surface area (Å²) in [6.07, 6.45) is 5.58. The van der Waals surface area contributed by atoms with Gasteiger partial charge in [0.1, 0.15) is 5.82 Å². The van der Waals surface area contributed by atoms with E-state index in [2.05, 4.69) is 27.5 Å². The first-order valence-corrected chi connectivity index (χ1v) is 7.03. The van der Waals surface area contributed by atoms with Crippen molar-refractivity contribution in [2.24, 2.45) is 5.73 Å². The number of urea groups is 1. The standard InChI is InChI=1S/C15H21N5O/c1-11(17-8-2-3-14-18-9-10-19-14)12-4-6-13(7-5-12)20-15(16)21/h4-7,9-11,17H,2-3,8H2,1H3,(H,18,19)(H3,16,20,21). The second-order valence-corrected chi connectivity index (χ2v) is 4.93. The molecule has 112 valence electrons. The molecule has 1 atom stereocenters. The van der Waals surface area contributed by atoms with E-state index in [0.29, 0.717) is 5.69 Å². The molecule has 5 N–H and O–H groups in total. The Morgan fingerprint density at radius 2 is 2.14 bits per heavy atom. The molecule has 0 radical (unpaired) electrons. The zero-order valence-corrected chi connectivity index (χ0v) is 12.1. The maximum absolute atomic E-state index is 10.8. The molecule has 0 spiro atoms. The van der Waals surface area contributed by atoms with Crippen LogP contribution in [-0.2, 0) is 6.42 Å². The Kier molecular flexibility index (Phi) is 5.34. The number of primary amides is 1. The molecule has 1 aromatic carbocycles. The summed E-state index contributed by atoms with van der Waals surface area (Å²) in [5.74, 6) is 1.02. The number of H-pyrrole nitrogens is 1. The Morgan fingerprint density at radius 3 is 2.76 bits per heavy atom. The van der Waals surface area contributed by atoms with Gasteiger partial charge in [-0.1, -0.05) is 12.1 Å². The predicted octanol–water partition coefficient (Wildman–Crippen LogP) is 2.18. The number of rotatable bonds is 7. The van der Waals surface area contributed by atoms with Crippen molar-refractivity contribution in [3.8, 4) is 0 Å². The molecular formula is C15H21N5O. The summed E-state index contributed by atoms with van der Waals surface area (Å²) in [4.78, 5) is 18.0. The number of hydrogen-bond donors (Lipinski definition) is 4. The van der Waals surface area contributed by atoms with Gasteiger partial charge in [0.15, 0.2) is 0 Å². The van der Waals surface area contributed by atoms with E-state index in [1.54, 1.807) is 6.20 Å². The van der Waals surface area contributed by atoms with Crippen LogP contribution in [-0.4, -0.2) is 22.5 Å². The molecule has 0 bridgehead atoms. The van der Waals surface area contributed by atoms with Gasteiger partial charge in [-0.05, 0) is 37.6 Å². The van der Waals surface area contributed by atoms with Gasteiger partial charge in [-0.25, -0.2) is 9.78 Å². The highest BCUT2D eigenvalue weighted by molar-refractivity contribution is 5.87. The van der Waals surface area contributed by atoms with Gasteiger partial charge in [0, 0.05) is 30.5 Å². The summed E-state index contributed by atoms with van der Waals surface area (Å²) in [6.45, 7) is 3.03. The van der Waals surface area contributed by atoms with Crippen LogP contribution in [0, 0.1) is 0 Å². The summed E-state index contributed by atoms with van der Waals surface area (Å²) < 4.78 is 0. The van der Waals surface area contributed by atoms with Gasteiger partial charge in [0.2, 0.25) is 0 Å². The highest BCUT2D eigenvalue weighted by Crippen LogP contribution is 2.15. The highest BCUT2D eigenvalue weighted by Gasteiger charge is 2.05. The van der Waals surface area contributed by atoms with Crippen LogP contribution in [0.5, 0.6) is 0 Å². The first-order valence-electron chi connectivity index (χ1n) is 7.03. The first-order chi connectivity index (χ1) is 10.1. The molecule has 6 nitrogen and oxygen atoms in total. The number of carbonyl (C=O) groups is 1. The molecule has 0 aliphatic heterocycles. The van der Waals surface area contributed by atoms with Crippen LogP contribution in [0.2, 0.25) is 0 Å². The Bertz CT molecular complexity index is 550. The molecule has 0 saturated carbocycles. The van der Waals surface area contributed by atoms with Crippen molar-refractivity contribution in [1.29, 1.82) is 0 Å². The van der Waals surface area contributed by atoms with Gasteiger partial charge < -0.3 is 21.4 Å². The number of nitrogens with zero attached hydrogens (tertiary/aromatic N) is 1. The first kappa shape index (κ1) is 15.1. The number of benzene rings is 1. The number of aromatic amines is 1. The van der Waals surface area contributed by atoms with Crippen LogP contribution in [0.3, 0.4) is 0 Å². The van der Waals surface area contributed by atoms with Crippen molar-refractivity contribution < 1.29 is 4.79 Å². The second kappa shape index (κ2) is 7.44. The number of aromatic nitrogens is 2. The number of carbonyl (C=O) groups excluding carboxylic acids is 1. The third-order valence-electron chi connectivity index (χ3n) is 3.27. The van der Waals surface area contributed by atoms with Crippen molar-refractivity contribution in [3.05, 3.63) is 48.0 Å². The zero-order valence-electron chi connectivity index (χ0n) is 12.1. The number of aryl methyl sites for hydroxylation is 1. The fourth-order valence-corrected chi connectivity index (χ4v) is 2.12. The number of amides is 2. The molecule has 1 heterocycles. The normalized spacial score (nSPS) is 12.0. The van der Waals surface area contributed by atoms with E-state index < -0.39 is 6.03 Å². The number of hydrogen-bond acceptors (Lipinski definition) is 3. The maximum atomic E-state index is 10.8. The molecular weight excluding hydrogens is 266 g/mol. The summed E-state index contributed by atoms with van der Waals surface area (Å²) >= 11 is 0. The van der Waals surface area contributed by atoms with Crippen molar-refractivity contribution in [3.63, 3.8) is 0 Å². The van der Waals surface area contributed by atoms with Gasteiger partial charge in [-0.2, -0.15) is 0 Å². The predicted molar refractivity (Wildman–Crippen MR) is 83.0 cm³/mol. The van der Waals surface area contributed by atoms with E-state index >= 15 is 0 Å². The number of anilines is 1. The molecule has 0 aliphatic carbocycles. The monoisotopic (exact) mass is 287 g/mol. The average Bonchev–Trinajstić information content (AvgIpc) is 2.97. The van der Waals surface area contributed by atoms with Crippen LogP contribution < -0.4 is 16.4 Å². The number of nitrogens with two attached hydrogens (primary N) is 1. The molecule has 2 amide bonds. The fraction of sp³-hybridized carbons (Fsp3) is 0.333. The second-order valence-electron chi connectivity index (χ2n) is 4.93. The summed E-state index contributed by atoms with van der Waals surface area (Å²) in [7, 11) is 0.